The largest absolute Gasteiger partial charge is 0.486 e. The average Bonchev–Trinajstić information content (AvgIpc) is 2.40. The van der Waals surface area contributed by atoms with Crippen LogP contribution in [-0.4, -0.2) is 29.4 Å². The molecule has 26 heavy (non-hydrogen) atoms. The maximum Gasteiger partial charge on any atom is 0.408 e. The maximum atomic E-state index is 12.5. The summed E-state index contributed by atoms with van der Waals surface area (Å²) in [6.45, 7) is 13.2. The highest BCUT2D eigenvalue weighted by Crippen LogP contribution is 2.25. The monoisotopic (exact) mass is 369 g/mol. The van der Waals surface area contributed by atoms with Crippen molar-refractivity contribution in [2.75, 3.05) is 0 Å². The van der Waals surface area contributed by atoms with Gasteiger partial charge in [0.15, 0.2) is 11.8 Å². The zero-order valence-corrected chi connectivity index (χ0v) is 16.5. The van der Waals surface area contributed by atoms with Gasteiger partial charge in [-0.3, -0.25) is 9.59 Å². The Bertz CT molecular complexity index is 743. The van der Waals surface area contributed by atoms with E-state index in [1.54, 1.807) is 55.4 Å². The van der Waals surface area contributed by atoms with E-state index in [4.69, 9.17) is 14.2 Å². The third kappa shape index (κ3) is 5.86. The lowest BCUT2D eigenvalue weighted by Gasteiger charge is -2.27. The molecule has 0 spiro atoms. The molecule has 1 unspecified atom stereocenters. The molecule has 0 aromatic heterocycles. The molecule has 1 amide bonds. The van der Waals surface area contributed by atoms with Crippen molar-refractivity contribution in [2.24, 2.45) is 0 Å². The van der Waals surface area contributed by atoms with Crippen molar-refractivity contribution < 1.29 is 23.8 Å². The van der Waals surface area contributed by atoms with Crippen LogP contribution >= 0.6 is 0 Å². The lowest BCUT2D eigenvalue weighted by atomic mass is 10.00. The van der Waals surface area contributed by atoms with Gasteiger partial charge in [0.1, 0.15) is 11.2 Å². The molecule has 1 N–H and O–H groups in total. The highest BCUT2D eigenvalue weighted by atomic mass is 16.6. The first-order valence-electron chi connectivity index (χ1n) is 8.34. The van der Waals surface area contributed by atoms with E-state index in [9.17, 15) is 19.2 Å². The fraction of sp³-hybridized carbons (Fsp3) is 0.667. The molecular formula is C18H27NO7. The van der Waals surface area contributed by atoms with Crippen LogP contribution in [0.5, 0.6) is 5.75 Å². The lowest BCUT2D eigenvalue weighted by molar-refractivity contribution is -0.157. The van der Waals surface area contributed by atoms with Gasteiger partial charge in [0.05, 0.1) is 11.7 Å². The second-order valence-electron chi connectivity index (χ2n) is 8.18. The minimum absolute atomic E-state index is 0.233. The van der Waals surface area contributed by atoms with Gasteiger partial charge in [-0.05, 0) is 55.4 Å². The Morgan fingerprint density at radius 3 is 1.81 bits per heavy atom. The quantitative estimate of drug-likeness (QED) is 0.624. The smallest absolute Gasteiger partial charge is 0.408 e. The third-order valence-electron chi connectivity index (χ3n) is 2.85. The fourth-order valence-corrected chi connectivity index (χ4v) is 2.04. The summed E-state index contributed by atoms with van der Waals surface area (Å²) in [6, 6.07) is -1.50. The minimum atomic E-state index is -1.50. The summed E-state index contributed by atoms with van der Waals surface area (Å²) in [5, 5.41) is 2.31. The van der Waals surface area contributed by atoms with Crippen molar-refractivity contribution in [1.29, 1.82) is 0 Å². The van der Waals surface area contributed by atoms with Crippen molar-refractivity contribution >= 4 is 12.1 Å². The van der Waals surface area contributed by atoms with E-state index >= 15 is 0 Å². The van der Waals surface area contributed by atoms with Crippen LogP contribution in [0.3, 0.4) is 0 Å². The topological polar surface area (TPSA) is 108 Å². The fourth-order valence-electron chi connectivity index (χ4n) is 2.04. The van der Waals surface area contributed by atoms with Crippen molar-refractivity contribution in [3.05, 3.63) is 26.0 Å². The molecule has 0 fully saturated rings. The number of esters is 1. The molecule has 1 atom stereocenters. The molecule has 8 heteroatoms. The van der Waals surface area contributed by atoms with Gasteiger partial charge >= 0.3 is 12.1 Å². The van der Waals surface area contributed by atoms with E-state index in [0.29, 0.717) is 0 Å². The second kappa shape index (κ2) is 7.47. The standard InChI is InChI=1S/C18H27NO7/c1-9(2)24-14-10(12(20)13(14)21)11(15(22)25-17(3,4)5)19-16(23)26-18(6,7)8/h9,11H,1-8H3,(H,19,23). The molecule has 0 radical (unpaired) electrons. The van der Waals surface area contributed by atoms with Gasteiger partial charge in [0.25, 0.3) is 5.43 Å². The molecular weight excluding hydrogens is 342 g/mol. The van der Waals surface area contributed by atoms with Crippen molar-refractivity contribution in [3.63, 3.8) is 0 Å². The Morgan fingerprint density at radius 2 is 1.38 bits per heavy atom. The molecule has 146 valence electrons. The van der Waals surface area contributed by atoms with Crippen LogP contribution in [0.25, 0.3) is 0 Å². The normalized spacial score (nSPS) is 13.4. The Morgan fingerprint density at radius 1 is 0.885 bits per heavy atom. The summed E-state index contributed by atoms with van der Waals surface area (Å²) in [5.41, 5.74) is -3.64. The number of alkyl carbamates (subject to hydrolysis) is 1. The highest BCUT2D eigenvalue weighted by Gasteiger charge is 2.38. The number of hydrogen-bond acceptors (Lipinski definition) is 7. The number of carbonyl (C=O) groups excluding carboxylic acids is 2. The van der Waals surface area contributed by atoms with Crippen LogP contribution in [0, 0.1) is 0 Å². The van der Waals surface area contributed by atoms with E-state index in [1.165, 1.54) is 0 Å². The summed E-state index contributed by atoms with van der Waals surface area (Å²) in [7, 11) is 0. The summed E-state index contributed by atoms with van der Waals surface area (Å²) in [6.07, 6.45) is -1.31. The molecule has 0 aliphatic rings. The predicted molar refractivity (Wildman–Crippen MR) is 95.1 cm³/mol. The first kappa shape index (κ1) is 21.7. The minimum Gasteiger partial charge on any atom is -0.486 e. The number of nitrogens with one attached hydrogen (secondary N) is 1. The highest BCUT2D eigenvalue weighted by molar-refractivity contribution is 5.84. The van der Waals surface area contributed by atoms with Crippen LogP contribution in [0.1, 0.15) is 67.0 Å². The Labute approximate surface area is 152 Å². The SMILES string of the molecule is CC(C)Oc1c(C(NC(=O)OC(C)(C)C)C(=O)OC(C)(C)C)c(=O)c1=O. The third-order valence-corrected chi connectivity index (χ3v) is 2.85. The van der Waals surface area contributed by atoms with Crippen molar-refractivity contribution in [1.82, 2.24) is 5.32 Å². The molecule has 1 aromatic rings. The van der Waals surface area contributed by atoms with E-state index in [-0.39, 0.29) is 11.3 Å². The summed E-state index contributed by atoms with van der Waals surface area (Å²) < 4.78 is 15.7. The molecule has 8 nitrogen and oxygen atoms in total. The summed E-state index contributed by atoms with van der Waals surface area (Å²) in [5.74, 6) is -1.12. The van der Waals surface area contributed by atoms with Crippen molar-refractivity contribution in [2.45, 2.75) is 78.7 Å². The zero-order valence-electron chi connectivity index (χ0n) is 16.5. The van der Waals surface area contributed by atoms with Crippen LogP contribution < -0.4 is 20.9 Å². The molecule has 1 rings (SSSR count). The van der Waals surface area contributed by atoms with E-state index in [1.807, 2.05) is 0 Å². The number of ether oxygens (including phenoxy) is 3. The van der Waals surface area contributed by atoms with Gasteiger partial charge in [-0.2, -0.15) is 0 Å². The maximum absolute atomic E-state index is 12.5. The first-order chi connectivity index (χ1) is 11.6. The number of rotatable bonds is 5. The van der Waals surface area contributed by atoms with E-state index in [2.05, 4.69) is 5.32 Å². The van der Waals surface area contributed by atoms with Gasteiger partial charge in [0, 0.05) is 0 Å². The number of carbonyl (C=O) groups is 2. The van der Waals surface area contributed by atoms with Gasteiger partial charge in [-0.1, -0.05) is 0 Å². The van der Waals surface area contributed by atoms with Gasteiger partial charge in [0.2, 0.25) is 5.43 Å². The summed E-state index contributed by atoms with van der Waals surface area (Å²) >= 11 is 0. The Hall–Kier alpha value is -2.38. The molecule has 0 saturated carbocycles. The van der Waals surface area contributed by atoms with Crippen LogP contribution in [-0.2, 0) is 14.3 Å². The number of amides is 1. The van der Waals surface area contributed by atoms with Gasteiger partial charge in [-0.25, -0.2) is 9.59 Å². The molecule has 1 aromatic carbocycles. The Balaban J connectivity index is 3.23. The molecule has 0 aliphatic heterocycles. The van der Waals surface area contributed by atoms with Gasteiger partial charge < -0.3 is 19.5 Å². The van der Waals surface area contributed by atoms with Crippen LogP contribution in [0.15, 0.2) is 9.59 Å². The lowest BCUT2D eigenvalue weighted by Crippen LogP contribution is -2.48. The molecule has 0 aliphatic carbocycles. The van der Waals surface area contributed by atoms with E-state index in [0.717, 1.165) is 0 Å². The molecule has 0 heterocycles. The first-order valence-corrected chi connectivity index (χ1v) is 8.34. The second-order valence-corrected chi connectivity index (χ2v) is 8.18. The van der Waals surface area contributed by atoms with Gasteiger partial charge in [-0.15, -0.1) is 0 Å². The molecule has 0 saturated heterocycles. The number of hydrogen-bond donors (Lipinski definition) is 1. The van der Waals surface area contributed by atoms with Crippen molar-refractivity contribution in [3.8, 4) is 5.75 Å². The van der Waals surface area contributed by atoms with Crippen LogP contribution in [0.4, 0.5) is 4.79 Å². The van der Waals surface area contributed by atoms with E-state index < -0.39 is 46.3 Å². The Kier molecular flexibility index (Phi) is 6.22. The molecule has 0 bridgehead atoms. The zero-order chi connectivity index (χ0) is 20.4. The summed E-state index contributed by atoms with van der Waals surface area (Å²) in [4.78, 5) is 48.5. The average molecular weight is 369 g/mol. The predicted octanol–water partition coefficient (Wildman–Crippen LogP) is 1.98. The van der Waals surface area contributed by atoms with Crippen LogP contribution in [0.2, 0.25) is 0 Å².